The van der Waals surface area contributed by atoms with Gasteiger partial charge in [0, 0.05) is 19.7 Å². The highest BCUT2D eigenvalue weighted by Crippen LogP contribution is 2.49. The van der Waals surface area contributed by atoms with Crippen LogP contribution in [0.1, 0.15) is 39.5 Å². The minimum atomic E-state index is -0.181. The van der Waals surface area contributed by atoms with E-state index in [2.05, 4.69) is 22.9 Å². The molecule has 1 aromatic heterocycles. The normalized spacial score (nSPS) is 25.9. The molecule has 1 aromatic carbocycles. The molecule has 0 aliphatic heterocycles. The van der Waals surface area contributed by atoms with Crippen LogP contribution >= 0.6 is 11.8 Å². The van der Waals surface area contributed by atoms with Crippen LogP contribution in [0.25, 0.3) is 11.0 Å². The van der Waals surface area contributed by atoms with E-state index in [0.717, 1.165) is 34.6 Å². The van der Waals surface area contributed by atoms with E-state index in [1.807, 2.05) is 25.1 Å². The highest BCUT2D eigenvalue weighted by Gasteiger charge is 2.42. The molecule has 152 valence electrons. The molecule has 2 fully saturated rings. The molecule has 0 saturated heterocycles. The van der Waals surface area contributed by atoms with Crippen LogP contribution in [0.15, 0.2) is 29.4 Å². The number of fused-ring (bicyclic) bond motifs is 3. The number of ether oxygens (including phenoxy) is 1. The molecule has 5 atom stereocenters. The third-order valence-electron chi connectivity index (χ3n) is 6.59. The van der Waals surface area contributed by atoms with Gasteiger partial charge in [-0.05, 0) is 63.0 Å². The summed E-state index contributed by atoms with van der Waals surface area (Å²) in [4.78, 5) is 17.6. The van der Waals surface area contributed by atoms with Gasteiger partial charge in [-0.15, -0.1) is 0 Å². The molecule has 5 unspecified atom stereocenters. The first kappa shape index (κ1) is 19.8. The number of imidazole rings is 1. The minimum absolute atomic E-state index is 0.116. The molecule has 1 heterocycles. The Balaban J connectivity index is 1.42. The summed E-state index contributed by atoms with van der Waals surface area (Å²) in [6.45, 7) is 5.52. The third kappa shape index (κ3) is 3.94. The first-order valence-electron chi connectivity index (χ1n) is 10.5. The second-order valence-electron chi connectivity index (χ2n) is 8.42. The number of nitrogens with zero attached hydrogens (tertiary/aromatic N) is 2. The lowest BCUT2D eigenvalue weighted by molar-refractivity contribution is -0.121. The van der Waals surface area contributed by atoms with E-state index in [1.54, 1.807) is 7.11 Å². The molecule has 28 heavy (non-hydrogen) atoms. The third-order valence-corrected chi connectivity index (χ3v) is 7.69. The van der Waals surface area contributed by atoms with E-state index >= 15 is 0 Å². The predicted octanol–water partition coefficient (Wildman–Crippen LogP) is 4.10. The minimum Gasteiger partial charge on any atom is -0.383 e. The molecular formula is C22H31N3O2S. The maximum absolute atomic E-state index is 12.9. The lowest BCUT2D eigenvalue weighted by atomic mass is 9.84. The van der Waals surface area contributed by atoms with Crippen LogP contribution in [0.2, 0.25) is 0 Å². The molecule has 6 heteroatoms. The maximum atomic E-state index is 12.9. The lowest BCUT2D eigenvalue weighted by Gasteiger charge is -2.29. The number of methoxy groups -OCH3 is 1. The summed E-state index contributed by atoms with van der Waals surface area (Å²) in [6, 6.07) is 8.37. The molecule has 2 aromatic rings. The fraction of sp³-hybridized carbons (Fsp3) is 0.636. The van der Waals surface area contributed by atoms with Gasteiger partial charge in [0.25, 0.3) is 0 Å². The highest BCUT2D eigenvalue weighted by atomic mass is 32.2. The van der Waals surface area contributed by atoms with Gasteiger partial charge >= 0.3 is 0 Å². The number of rotatable bonds is 8. The molecule has 2 bridgehead atoms. The van der Waals surface area contributed by atoms with E-state index in [1.165, 1.54) is 37.4 Å². The lowest BCUT2D eigenvalue weighted by Crippen LogP contribution is -2.43. The Morgan fingerprint density at radius 3 is 2.86 bits per heavy atom. The standard InChI is InChI=1S/C22H31N3O2S/c1-14(18-13-16-8-9-17(18)12-16)23-21(26)15(2)28-22-24-19-6-4-5-7-20(19)25(22)10-11-27-3/h4-7,14-18H,8-13H2,1-3H3,(H,23,26). The van der Waals surface area contributed by atoms with Crippen LogP contribution in [-0.4, -0.2) is 40.5 Å². The Kier molecular flexibility index (Phi) is 5.97. The van der Waals surface area contributed by atoms with Crippen molar-refractivity contribution in [3.63, 3.8) is 0 Å². The Labute approximate surface area is 171 Å². The molecule has 2 aliphatic carbocycles. The average molecular weight is 402 g/mol. The first-order chi connectivity index (χ1) is 13.6. The van der Waals surface area contributed by atoms with Gasteiger partial charge in [0.2, 0.25) is 5.91 Å². The quantitative estimate of drug-likeness (QED) is 0.677. The Morgan fingerprint density at radius 1 is 1.32 bits per heavy atom. The number of amides is 1. The van der Waals surface area contributed by atoms with Crippen molar-refractivity contribution in [2.75, 3.05) is 13.7 Å². The van der Waals surface area contributed by atoms with Gasteiger partial charge in [-0.2, -0.15) is 0 Å². The van der Waals surface area contributed by atoms with Crippen molar-refractivity contribution in [2.24, 2.45) is 17.8 Å². The Morgan fingerprint density at radius 2 is 2.14 bits per heavy atom. The van der Waals surface area contributed by atoms with Crippen molar-refractivity contribution in [3.05, 3.63) is 24.3 Å². The number of carbonyl (C=O) groups excluding carboxylic acids is 1. The largest absolute Gasteiger partial charge is 0.383 e. The number of benzene rings is 1. The smallest absolute Gasteiger partial charge is 0.233 e. The zero-order valence-corrected chi connectivity index (χ0v) is 17.9. The number of hydrogen-bond acceptors (Lipinski definition) is 4. The molecule has 2 saturated carbocycles. The molecule has 1 N–H and O–H groups in total. The van der Waals surface area contributed by atoms with Crippen molar-refractivity contribution < 1.29 is 9.53 Å². The van der Waals surface area contributed by atoms with Gasteiger partial charge in [0.05, 0.1) is 22.9 Å². The van der Waals surface area contributed by atoms with E-state index in [-0.39, 0.29) is 17.2 Å². The Hall–Kier alpha value is -1.53. The van der Waals surface area contributed by atoms with Crippen molar-refractivity contribution in [3.8, 4) is 0 Å². The highest BCUT2D eigenvalue weighted by molar-refractivity contribution is 8.00. The zero-order valence-electron chi connectivity index (χ0n) is 17.1. The van der Waals surface area contributed by atoms with E-state index in [4.69, 9.17) is 9.72 Å². The van der Waals surface area contributed by atoms with Crippen molar-refractivity contribution in [1.29, 1.82) is 0 Å². The summed E-state index contributed by atoms with van der Waals surface area (Å²) in [5, 5.41) is 4.00. The fourth-order valence-corrected chi connectivity index (χ4v) is 6.07. The number of aromatic nitrogens is 2. The zero-order chi connectivity index (χ0) is 19.7. The molecule has 5 nitrogen and oxygen atoms in total. The van der Waals surface area contributed by atoms with Gasteiger partial charge in [0.15, 0.2) is 5.16 Å². The first-order valence-corrected chi connectivity index (χ1v) is 11.4. The summed E-state index contributed by atoms with van der Waals surface area (Å²) in [5.41, 5.74) is 2.05. The average Bonchev–Trinajstić information content (AvgIpc) is 3.40. The van der Waals surface area contributed by atoms with E-state index < -0.39 is 0 Å². The molecule has 1 amide bonds. The number of nitrogens with one attached hydrogen (secondary N) is 1. The second kappa shape index (κ2) is 8.46. The number of para-hydroxylation sites is 2. The van der Waals surface area contributed by atoms with Crippen molar-refractivity contribution in [2.45, 2.75) is 62.5 Å². The molecule has 2 aliphatic rings. The van der Waals surface area contributed by atoms with Gasteiger partial charge < -0.3 is 14.6 Å². The SMILES string of the molecule is COCCn1c(SC(C)C(=O)NC(C)C2CC3CCC2C3)nc2ccccc21. The molecule has 0 radical (unpaired) electrons. The summed E-state index contributed by atoms with van der Waals surface area (Å²) in [7, 11) is 1.71. The number of thioether (sulfide) groups is 1. The number of hydrogen-bond donors (Lipinski definition) is 1. The molecule has 4 rings (SSSR count). The molecular weight excluding hydrogens is 370 g/mol. The summed E-state index contributed by atoms with van der Waals surface area (Å²) < 4.78 is 7.43. The van der Waals surface area contributed by atoms with Gasteiger partial charge in [0.1, 0.15) is 0 Å². The summed E-state index contributed by atoms with van der Waals surface area (Å²) >= 11 is 1.54. The molecule has 0 spiro atoms. The van der Waals surface area contributed by atoms with E-state index in [9.17, 15) is 4.79 Å². The van der Waals surface area contributed by atoms with Crippen LogP contribution in [0, 0.1) is 17.8 Å². The van der Waals surface area contributed by atoms with Crippen molar-refractivity contribution in [1.82, 2.24) is 14.9 Å². The van der Waals surface area contributed by atoms with Crippen LogP contribution in [0.5, 0.6) is 0 Å². The Bertz CT molecular complexity index is 836. The van der Waals surface area contributed by atoms with Gasteiger partial charge in [-0.25, -0.2) is 4.98 Å². The summed E-state index contributed by atoms with van der Waals surface area (Å²) in [6.07, 6.45) is 5.41. The summed E-state index contributed by atoms with van der Waals surface area (Å²) in [5.74, 6) is 2.50. The van der Waals surface area contributed by atoms with E-state index in [0.29, 0.717) is 12.5 Å². The fourth-order valence-electron chi connectivity index (χ4n) is 5.11. The topological polar surface area (TPSA) is 56.1 Å². The van der Waals surface area contributed by atoms with Crippen LogP contribution in [0.4, 0.5) is 0 Å². The van der Waals surface area contributed by atoms with Crippen LogP contribution in [-0.2, 0) is 16.1 Å². The van der Waals surface area contributed by atoms with Gasteiger partial charge in [-0.1, -0.05) is 30.3 Å². The van der Waals surface area contributed by atoms with Gasteiger partial charge in [-0.3, -0.25) is 4.79 Å². The monoisotopic (exact) mass is 401 g/mol. The van der Waals surface area contributed by atoms with Crippen molar-refractivity contribution >= 4 is 28.7 Å². The second-order valence-corrected chi connectivity index (χ2v) is 9.73. The number of carbonyl (C=O) groups is 1. The van der Waals surface area contributed by atoms with Crippen LogP contribution in [0.3, 0.4) is 0 Å². The maximum Gasteiger partial charge on any atom is 0.233 e. The van der Waals surface area contributed by atoms with Crippen LogP contribution < -0.4 is 5.32 Å². The predicted molar refractivity (Wildman–Crippen MR) is 113 cm³/mol.